The fraction of sp³-hybridized carbons (Fsp3) is 0.786. The Morgan fingerprint density at radius 1 is 1.25 bits per heavy atom. The zero-order valence-electron chi connectivity index (χ0n) is 12.0. The SMILES string of the molecule is CC1CN(C)CCC1N1C(=O)NC(=O)C2(CCC2)C1=O. The van der Waals surface area contributed by atoms with Crippen molar-refractivity contribution in [2.75, 3.05) is 20.1 Å². The zero-order valence-corrected chi connectivity index (χ0v) is 12.0. The van der Waals surface area contributed by atoms with E-state index in [0.29, 0.717) is 12.8 Å². The highest BCUT2D eigenvalue weighted by Gasteiger charge is 2.58. The second-order valence-corrected chi connectivity index (χ2v) is 6.47. The van der Waals surface area contributed by atoms with Crippen molar-refractivity contribution in [3.63, 3.8) is 0 Å². The molecule has 3 rings (SSSR count). The molecule has 2 aliphatic heterocycles. The lowest BCUT2D eigenvalue weighted by Gasteiger charge is -2.49. The van der Waals surface area contributed by atoms with Crippen LogP contribution in [-0.4, -0.2) is 53.8 Å². The molecule has 6 nitrogen and oxygen atoms in total. The topological polar surface area (TPSA) is 69.7 Å². The van der Waals surface area contributed by atoms with Gasteiger partial charge in [-0.15, -0.1) is 0 Å². The van der Waals surface area contributed by atoms with Gasteiger partial charge in [-0.1, -0.05) is 13.3 Å². The normalized spacial score (nSPS) is 34.1. The Morgan fingerprint density at radius 2 is 1.95 bits per heavy atom. The van der Waals surface area contributed by atoms with E-state index in [2.05, 4.69) is 17.1 Å². The Kier molecular flexibility index (Phi) is 3.08. The Bertz CT molecular complexity index is 472. The maximum atomic E-state index is 12.7. The van der Waals surface area contributed by atoms with Crippen LogP contribution in [-0.2, 0) is 9.59 Å². The smallest absolute Gasteiger partial charge is 0.306 e. The highest BCUT2D eigenvalue weighted by atomic mass is 16.2. The number of amides is 4. The minimum atomic E-state index is -0.947. The van der Waals surface area contributed by atoms with Crippen molar-refractivity contribution in [1.82, 2.24) is 15.1 Å². The summed E-state index contributed by atoms with van der Waals surface area (Å²) in [5.74, 6) is -0.428. The molecule has 1 spiro atoms. The van der Waals surface area contributed by atoms with E-state index in [4.69, 9.17) is 0 Å². The first-order chi connectivity index (χ1) is 9.45. The van der Waals surface area contributed by atoms with Crippen LogP contribution < -0.4 is 5.32 Å². The number of nitrogens with zero attached hydrogens (tertiary/aromatic N) is 2. The van der Waals surface area contributed by atoms with Gasteiger partial charge in [-0.25, -0.2) is 4.79 Å². The molecule has 2 atom stereocenters. The van der Waals surface area contributed by atoms with Gasteiger partial charge in [0, 0.05) is 12.6 Å². The average molecular weight is 279 g/mol. The van der Waals surface area contributed by atoms with E-state index in [0.717, 1.165) is 25.9 Å². The predicted octanol–water partition coefficient (Wildman–Crippen LogP) is 0.575. The van der Waals surface area contributed by atoms with Crippen molar-refractivity contribution < 1.29 is 14.4 Å². The summed E-state index contributed by atoms with van der Waals surface area (Å²) in [6, 6.07) is -0.622. The number of hydrogen-bond acceptors (Lipinski definition) is 4. The van der Waals surface area contributed by atoms with Crippen LogP contribution in [0.15, 0.2) is 0 Å². The summed E-state index contributed by atoms with van der Waals surface area (Å²) < 4.78 is 0. The maximum Gasteiger partial charge on any atom is 0.331 e. The lowest BCUT2D eigenvalue weighted by Crippen LogP contribution is -2.69. The number of imide groups is 2. The van der Waals surface area contributed by atoms with Gasteiger partial charge in [-0.3, -0.25) is 19.8 Å². The number of carbonyl (C=O) groups is 3. The molecular weight excluding hydrogens is 258 g/mol. The first-order valence-electron chi connectivity index (χ1n) is 7.33. The molecule has 0 aromatic carbocycles. The van der Waals surface area contributed by atoms with Crippen LogP contribution in [0.5, 0.6) is 0 Å². The number of piperidine rings is 1. The molecule has 20 heavy (non-hydrogen) atoms. The van der Waals surface area contributed by atoms with Crippen molar-refractivity contribution in [1.29, 1.82) is 0 Å². The molecule has 1 N–H and O–H groups in total. The monoisotopic (exact) mass is 279 g/mol. The summed E-state index contributed by atoms with van der Waals surface area (Å²) in [4.78, 5) is 40.4. The van der Waals surface area contributed by atoms with Crippen molar-refractivity contribution in [2.45, 2.75) is 38.6 Å². The molecule has 2 unspecified atom stereocenters. The Labute approximate surface area is 118 Å². The Morgan fingerprint density at radius 3 is 2.50 bits per heavy atom. The maximum absolute atomic E-state index is 12.7. The summed E-state index contributed by atoms with van der Waals surface area (Å²) in [6.07, 6.45) is 2.80. The number of nitrogens with one attached hydrogen (secondary N) is 1. The number of rotatable bonds is 1. The standard InChI is InChI=1S/C14H21N3O3/c1-9-8-16(2)7-4-10(9)17-12(19)14(5-3-6-14)11(18)15-13(17)20/h9-10H,3-8H2,1-2H3,(H,15,18,20). The summed E-state index contributed by atoms with van der Waals surface area (Å²) in [5, 5.41) is 2.40. The van der Waals surface area contributed by atoms with E-state index in [-0.39, 0.29) is 17.9 Å². The van der Waals surface area contributed by atoms with Crippen LogP contribution in [0.3, 0.4) is 0 Å². The average Bonchev–Trinajstić information content (AvgIpc) is 2.29. The number of barbiturate groups is 1. The van der Waals surface area contributed by atoms with Crippen molar-refractivity contribution in [3.8, 4) is 0 Å². The summed E-state index contributed by atoms with van der Waals surface area (Å²) in [7, 11) is 2.04. The summed E-state index contributed by atoms with van der Waals surface area (Å²) in [5.41, 5.74) is -0.947. The van der Waals surface area contributed by atoms with Crippen molar-refractivity contribution in [2.24, 2.45) is 11.3 Å². The van der Waals surface area contributed by atoms with E-state index < -0.39 is 17.4 Å². The first kappa shape index (κ1) is 13.5. The van der Waals surface area contributed by atoms with Crippen LogP contribution in [0.25, 0.3) is 0 Å². The second-order valence-electron chi connectivity index (χ2n) is 6.47. The highest BCUT2D eigenvalue weighted by molar-refractivity contribution is 6.19. The van der Waals surface area contributed by atoms with Crippen LogP contribution in [0.2, 0.25) is 0 Å². The molecule has 3 aliphatic rings. The molecule has 2 saturated heterocycles. The largest absolute Gasteiger partial charge is 0.331 e. The van der Waals surface area contributed by atoms with E-state index in [1.165, 1.54) is 4.90 Å². The minimum absolute atomic E-state index is 0.0933. The molecule has 1 saturated carbocycles. The van der Waals surface area contributed by atoms with Crippen LogP contribution >= 0.6 is 0 Å². The van der Waals surface area contributed by atoms with Crippen LogP contribution in [0.4, 0.5) is 4.79 Å². The third-order valence-electron chi connectivity index (χ3n) is 5.10. The highest BCUT2D eigenvalue weighted by Crippen LogP contribution is 2.45. The van der Waals surface area contributed by atoms with Crippen LogP contribution in [0.1, 0.15) is 32.6 Å². The summed E-state index contributed by atoms with van der Waals surface area (Å²) >= 11 is 0. The zero-order chi connectivity index (χ0) is 14.5. The molecule has 4 amide bonds. The molecule has 6 heteroatoms. The van der Waals surface area contributed by atoms with Crippen LogP contribution in [0, 0.1) is 11.3 Å². The lowest BCUT2D eigenvalue weighted by molar-refractivity contribution is -0.160. The van der Waals surface area contributed by atoms with E-state index in [1.807, 2.05) is 7.05 Å². The fourth-order valence-electron chi connectivity index (χ4n) is 3.69. The van der Waals surface area contributed by atoms with Gasteiger partial charge in [0.15, 0.2) is 0 Å². The van der Waals surface area contributed by atoms with Crippen molar-refractivity contribution in [3.05, 3.63) is 0 Å². The Hall–Kier alpha value is -1.43. The van der Waals surface area contributed by atoms with Crippen molar-refractivity contribution >= 4 is 17.8 Å². The molecular formula is C14H21N3O3. The quantitative estimate of drug-likeness (QED) is 0.713. The minimum Gasteiger partial charge on any atom is -0.306 e. The lowest BCUT2D eigenvalue weighted by atomic mass is 9.66. The van der Waals surface area contributed by atoms with E-state index in [1.54, 1.807) is 0 Å². The molecule has 0 aromatic rings. The molecule has 2 heterocycles. The molecule has 3 fully saturated rings. The van der Waals surface area contributed by atoms with Gasteiger partial charge in [0.05, 0.1) is 0 Å². The van der Waals surface area contributed by atoms with E-state index >= 15 is 0 Å². The number of likely N-dealkylation sites (tertiary alicyclic amines) is 1. The van der Waals surface area contributed by atoms with Gasteiger partial charge in [0.1, 0.15) is 5.41 Å². The first-order valence-corrected chi connectivity index (χ1v) is 7.33. The predicted molar refractivity (Wildman–Crippen MR) is 71.7 cm³/mol. The fourth-order valence-corrected chi connectivity index (χ4v) is 3.69. The third-order valence-corrected chi connectivity index (χ3v) is 5.10. The molecule has 1 aliphatic carbocycles. The van der Waals surface area contributed by atoms with Gasteiger partial charge >= 0.3 is 6.03 Å². The van der Waals surface area contributed by atoms with Gasteiger partial charge in [0.2, 0.25) is 11.8 Å². The van der Waals surface area contributed by atoms with Gasteiger partial charge < -0.3 is 4.90 Å². The number of carbonyl (C=O) groups excluding carboxylic acids is 3. The van der Waals surface area contributed by atoms with E-state index in [9.17, 15) is 14.4 Å². The third kappa shape index (κ3) is 1.78. The van der Waals surface area contributed by atoms with Gasteiger partial charge in [0.25, 0.3) is 0 Å². The molecule has 0 bridgehead atoms. The molecule has 110 valence electrons. The number of urea groups is 1. The number of hydrogen-bond donors (Lipinski definition) is 1. The Balaban J connectivity index is 1.86. The van der Waals surface area contributed by atoms with Gasteiger partial charge in [-0.05, 0) is 38.8 Å². The second kappa shape index (κ2) is 4.55. The van der Waals surface area contributed by atoms with Gasteiger partial charge in [-0.2, -0.15) is 0 Å². The molecule has 0 radical (unpaired) electrons. The summed E-state index contributed by atoms with van der Waals surface area (Å²) in [6.45, 7) is 3.79. The molecule has 0 aromatic heterocycles.